The second-order valence-corrected chi connectivity index (χ2v) is 8.86. The van der Waals surface area contributed by atoms with E-state index in [4.69, 9.17) is 33.7 Å². The van der Waals surface area contributed by atoms with E-state index >= 15 is 0 Å². The molecule has 3 N–H and O–H groups in total. The highest BCUT2D eigenvalue weighted by molar-refractivity contribution is 7.90. The standard InChI is InChI=1S/C18H19Cl2NO5S/c1-27(24,25)13-4-2-3-12(9-13)17(22)14(7-8-26-18(21)23)11-5-6-15(19)16(20)10-11/h2-6,9-10,14,17,22H,7-8H2,1H3,(H2,21,23)/t14-,17?/m0/s1. The first kappa shape index (κ1) is 21.5. The number of nitrogens with two attached hydrogens (primary N) is 1. The first-order valence-corrected chi connectivity index (χ1v) is 10.6. The maximum atomic E-state index is 11.8. The van der Waals surface area contributed by atoms with Crippen LogP contribution in [0.5, 0.6) is 0 Å². The van der Waals surface area contributed by atoms with E-state index in [0.29, 0.717) is 21.2 Å². The van der Waals surface area contributed by atoms with Gasteiger partial charge in [0.1, 0.15) is 0 Å². The molecule has 1 amide bonds. The van der Waals surface area contributed by atoms with Crippen LogP contribution in [0.2, 0.25) is 10.0 Å². The maximum Gasteiger partial charge on any atom is 0.404 e. The molecule has 0 saturated carbocycles. The molecule has 2 atom stereocenters. The van der Waals surface area contributed by atoms with Crippen molar-refractivity contribution in [2.24, 2.45) is 5.73 Å². The lowest BCUT2D eigenvalue weighted by molar-refractivity contribution is 0.113. The van der Waals surface area contributed by atoms with Gasteiger partial charge < -0.3 is 15.6 Å². The lowest BCUT2D eigenvalue weighted by Crippen LogP contribution is -2.18. The highest BCUT2D eigenvalue weighted by atomic mass is 35.5. The molecule has 0 aromatic heterocycles. The smallest absolute Gasteiger partial charge is 0.404 e. The third kappa shape index (κ3) is 5.84. The normalized spacial score (nSPS) is 13.8. The molecule has 0 radical (unpaired) electrons. The zero-order chi connectivity index (χ0) is 20.2. The van der Waals surface area contributed by atoms with Crippen molar-refractivity contribution in [3.63, 3.8) is 0 Å². The van der Waals surface area contributed by atoms with Gasteiger partial charge in [-0.1, -0.05) is 41.4 Å². The molecule has 0 bridgehead atoms. The quantitative estimate of drug-likeness (QED) is 0.694. The molecule has 2 aromatic rings. The van der Waals surface area contributed by atoms with Crippen LogP contribution in [-0.4, -0.2) is 32.5 Å². The molecule has 0 spiro atoms. The Balaban J connectivity index is 2.39. The molecule has 2 aromatic carbocycles. The predicted octanol–water partition coefficient (Wildman–Crippen LogP) is 3.70. The molecule has 0 fully saturated rings. The number of sulfone groups is 1. The van der Waals surface area contributed by atoms with E-state index in [1.165, 1.54) is 12.1 Å². The van der Waals surface area contributed by atoms with Gasteiger partial charge in [-0.2, -0.15) is 0 Å². The lowest BCUT2D eigenvalue weighted by Gasteiger charge is -2.24. The lowest BCUT2D eigenvalue weighted by atomic mass is 9.87. The number of hydrogen-bond donors (Lipinski definition) is 2. The fraction of sp³-hybridized carbons (Fsp3) is 0.278. The third-order valence-corrected chi connectivity index (χ3v) is 5.90. The Labute approximate surface area is 167 Å². The second-order valence-electron chi connectivity index (χ2n) is 6.03. The van der Waals surface area contributed by atoms with Gasteiger partial charge in [-0.25, -0.2) is 13.2 Å². The molecule has 0 aliphatic heterocycles. The van der Waals surface area contributed by atoms with Gasteiger partial charge in [0.2, 0.25) is 0 Å². The monoisotopic (exact) mass is 431 g/mol. The van der Waals surface area contributed by atoms with Crippen molar-refractivity contribution >= 4 is 39.1 Å². The summed E-state index contributed by atoms with van der Waals surface area (Å²) in [5, 5.41) is 11.6. The summed E-state index contributed by atoms with van der Waals surface area (Å²) in [4.78, 5) is 10.9. The van der Waals surface area contributed by atoms with Crippen LogP contribution in [0.25, 0.3) is 0 Å². The van der Waals surface area contributed by atoms with Crippen LogP contribution < -0.4 is 5.73 Å². The number of halogens is 2. The van der Waals surface area contributed by atoms with Crippen molar-refractivity contribution < 1.29 is 23.1 Å². The van der Waals surface area contributed by atoms with Crippen molar-refractivity contribution in [2.75, 3.05) is 12.9 Å². The Kier molecular flexibility index (Phi) is 7.11. The van der Waals surface area contributed by atoms with Crippen molar-refractivity contribution in [1.82, 2.24) is 0 Å². The Morgan fingerprint density at radius 1 is 1.15 bits per heavy atom. The second kappa shape index (κ2) is 8.93. The van der Waals surface area contributed by atoms with E-state index in [1.54, 1.807) is 30.3 Å². The van der Waals surface area contributed by atoms with Gasteiger partial charge in [-0.15, -0.1) is 0 Å². The molecule has 146 valence electrons. The first-order valence-electron chi connectivity index (χ1n) is 7.95. The van der Waals surface area contributed by atoms with Crippen molar-refractivity contribution in [3.8, 4) is 0 Å². The molecular formula is C18H19Cl2NO5S. The minimum atomic E-state index is -3.43. The molecule has 0 saturated heterocycles. The fourth-order valence-corrected chi connectivity index (χ4v) is 3.68. The van der Waals surface area contributed by atoms with E-state index in [1.807, 2.05) is 0 Å². The first-order chi connectivity index (χ1) is 12.6. The minimum absolute atomic E-state index is 0.0247. The van der Waals surface area contributed by atoms with Crippen LogP contribution in [0, 0.1) is 0 Å². The average Bonchev–Trinajstić information content (AvgIpc) is 2.60. The molecule has 27 heavy (non-hydrogen) atoms. The van der Waals surface area contributed by atoms with Crippen molar-refractivity contribution in [1.29, 1.82) is 0 Å². The molecule has 9 heteroatoms. The van der Waals surface area contributed by atoms with Crippen LogP contribution in [0.15, 0.2) is 47.4 Å². The topological polar surface area (TPSA) is 107 Å². The average molecular weight is 432 g/mol. The summed E-state index contributed by atoms with van der Waals surface area (Å²) < 4.78 is 28.4. The number of carbonyl (C=O) groups is 1. The number of benzene rings is 2. The van der Waals surface area contributed by atoms with E-state index < -0.39 is 28.0 Å². The number of primary amides is 1. The van der Waals surface area contributed by atoms with Crippen LogP contribution in [0.1, 0.15) is 29.6 Å². The van der Waals surface area contributed by atoms with Gasteiger partial charge in [0, 0.05) is 12.2 Å². The molecule has 6 nitrogen and oxygen atoms in total. The number of rotatable bonds is 7. The largest absolute Gasteiger partial charge is 0.450 e. The number of aliphatic hydroxyl groups is 1. The SMILES string of the molecule is CS(=O)(=O)c1cccc(C(O)[C@@H](CCOC(N)=O)c2ccc(Cl)c(Cl)c2)c1. The number of amides is 1. The Hall–Kier alpha value is -1.80. The Bertz CT molecular complexity index is 933. The highest BCUT2D eigenvalue weighted by Crippen LogP contribution is 2.37. The van der Waals surface area contributed by atoms with Gasteiger partial charge in [-0.3, -0.25) is 0 Å². The minimum Gasteiger partial charge on any atom is -0.450 e. The van der Waals surface area contributed by atoms with Crippen LogP contribution in [0.3, 0.4) is 0 Å². The molecule has 2 rings (SSSR count). The summed E-state index contributed by atoms with van der Waals surface area (Å²) in [5.41, 5.74) is 6.06. The van der Waals surface area contributed by atoms with E-state index in [-0.39, 0.29) is 17.9 Å². The molecule has 0 aliphatic rings. The molecule has 0 aliphatic carbocycles. The zero-order valence-electron chi connectivity index (χ0n) is 14.4. The zero-order valence-corrected chi connectivity index (χ0v) is 16.8. The highest BCUT2D eigenvalue weighted by Gasteiger charge is 2.25. The van der Waals surface area contributed by atoms with E-state index in [2.05, 4.69) is 0 Å². The van der Waals surface area contributed by atoms with Gasteiger partial charge in [0.15, 0.2) is 9.84 Å². The van der Waals surface area contributed by atoms with E-state index in [0.717, 1.165) is 6.26 Å². The van der Waals surface area contributed by atoms with Crippen LogP contribution in [0.4, 0.5) is 4.79 Å². The van der Waals surface area contributed by atoms with Crippen molar-refractivity contribution in [3.05, 3.63) is 63.6 Å². The number of aliphatic hydroxyl groups excluding tert-OH is 1. The summed E-state index contributed by atoms with van der Waals surface area (Å²) in [6.45, 7) is -0.0247. The van der Waals surface area contributed by atoms with Gasteiger partial charge in [-0.05, 0) is 41.8 Å². The summed E-state index contributed by atoms with van der Waals surface area (Å²) in [7, 11) is -3.43. The van der Waals surface area contributed by atoms with Crippen LogP contribution >= 0.6 is 23.2 Å². The van der Waals surface area contributed by atoms with Crippen molar-refractivity contribution in [2.45, 2.75) is 23.3 Å². The summed E-state index contributed by atoms with van der Waals surface area (Å²) in [5.74, 6) is -0.533. The summed E-state index contributed by atoms with van der Waals surface area (Å²) >= 11 is 12.0. The van der Waals surface area contributed by atoms with Gasteiger partial charge in [0.05, 0.1) is 27.7 Å². The fourth-order valence-electron chi connectivity index (χ4n) is 2.70. The maximum absolute atomic E-state index is 11.8. The molecular weight excluding hydrogens is 413 g/mol. The molecule has 1 unspecified atom stereocenters. The molecule has 0 heterocycles. The predicted molar refractivity (Wildman–Crippen MR) is 104 cm³/mol. The van der Waals surface area contributed by atoms with E-state index in [9.17, 15) is 18.3 Å². The third-order valence-electron chi connectivity index (χ3n) is 4.05. The van der Waals surface area contributed by atoms with Gasteiger partial charge >= 0.3 is 6.09 Å². The van der Waals surface area contributed by atoms with Crippen LogP contribution in [-0.2, 0) is 14.6 Å². The Morgan fingerprint density at radius 2 is 1.85 bits per heavy atom. The summed E-state index contributed by atoms with van der Waals surface area (Å²) in [6.07, 6.45) is -0.655. The summed E-state index contributed by atoms with van der Waals surface area (Å²) in [6, 6.07) is 11.0. The van der Waals surface area contributed by atoms with Gasteiger partial charge in [0.25, 0.3) is 0 Å². The number of ether oxygens (including phenoxy) is 1. The number of hydrogen-bond acceptors (Lipinski definition) is 5. The Morgan fingerprint density at radius 3 is 2.44 bits per heavy atom. The number of carbonyl (C=O) groups excluding carboxylic acids is 1.